The van der Waals surface area contributed by atoms with E-state index in [1.165, 1.54) is 0 Å². The van der Waals surface area contributed by atoms with Crippen LogP contribution in [0.15, 0.2) is 71.7 Å². The third-order valence-electron chi connectivity index (χ3n) is 4.59. The van der Waals surface area contributed by atoms with Crippen molar-refractivity contribution in [1.82, 2.24) is 14.5 Å². The Hall–Kier alpha value is -3.45. The number of likely N-dealkylation sites (N-methyl/N-ethyl adjacent to an activating group) is 1. The number of thiophene rings is 1. The van der Waals surface area contributed by atoms with Gasteiger partial charge in [0.1, 0.15) is 6.33 Å². The van der Waals surface area contributed by atoms with Gasteiger partial charge in [-0.1, -0.05) is 12.1 Å². The molecule has 0 spiro atoms. The lowest BCUT2D eigenvalue weighted by molar-refractivity contribution is -0.133. The van der Waals surface area contributed by atoms with Crippen molar-refractivity contribution in [3.05, 3.63) is 82.8 Å². The number of amides is 1. The van der Waals surface area contributed by atoms with E-state index in [0.29, 0.717) is 12.1 Å². The maximum Gasteiger partial charge on any atom is 0.338 e. The first-order valence-corrected chi connectivity index (χ1v) is 10.0. The minimum atomic E-state index is -0.524. The highest BCUT2D eigenvalue weighted by atomic mass is 32.1. The second kappa shape index (κ2) is 8.28. The number of carbonyl (C=O) groups is 2. The number of hydrogen-bond acceptors (Lipinski definition) is 5. The van der Waals surface area contributed by atoms with Crippen LogP contribution in [0.4, 0.5) is 0 Å². The minimum absolute atomic E-state index is 0.244. The Bertz CT molecular complexity index is 1130. The van der Waals surface area contributed by atoms with Crippen LogP contribution < -0.4 is 0 Å². The molecule has 2 aromatic heterocycles. The predicted molar refractivity (Wildman–Crippen MR) is 112 cm³/mol. The van der Waals surface area contributed by atoms with E-state index >= 15 is 0 Å². The summed E-state index contributed by atoms with van der Waals surface area (Å²) in [6.45, 7) is 0.209. The number of fused-ring (bicyclic) bond motifs is 1. The molecule has 0 saturated carbocycles. The van der Waals surface area contributed by atoms with E-state index in [0.717, 1.165) is 22.3 Å². The molecule has 2 heterocycles. The highest BCUT2D eigenvalue weighted by Crippen LogP contribution is 2.18. The standard InChI is InChI=1S/C22H19N3O3S/c1-24(12-16-10-11-29-14-16)21(26)13-28-22(27)17-6-8-18(9-7-17)25-15-23-19-4-2-3-5-20(19)25/h2-11,14-15H,12-13H2,1H3. The molecule has 0 aliphatic rings. The Morgan fingerprint density at radius 1 is 1.10 bits per heavy atom. The van der Waals surface area contributed by atoms with Crippen LogP contribution in [0.3, 0.4) is 0 Å². The lowest BCUT2D eigenvalue weighted by Gasteiger charge is -2.16. The monoisotopic (exact) mass is 405 g/mol. The second-order valence-electron chi connectivity index (χ2n) is 6.61. The fourth-order valence-electron chi connectivity index (χ4n) is 2.99. The number of aromatic nitrogens is 2. The van der Waals surface area contributed by atoms with Crippen LogP contribution in [-0.2, 0) is 16.1 Å². The average molecular weight is 405 g/mol. The van der Waals surface area contributed by atoms with Crippen LogP contribution >= 0.6 is 11.3 Å². The molecule has 0 N–H and O–H groups in total. The van der Waals surface area contributed by atoms with Gasteiger partial charge in [0.2, 0.25) is 0 Å². The summed E-state index contributed by atoms with van der Waals surface area (Å²) < 4.78 is 7.14. The number of esters is 1. The fraction of sp³-hybridized carbons (Fsp3) is 0.136. The third kappa shape index (κ3) is 4.20. The van der Waals surface area contributed by atoms with Gasteiger partial charge in [0, 0.05) is 19.3 Å². The average Bonchev–Trinajstić information content (AvgIpc) is 3.41. The molecule has 1 amide bonds. The molecular formula is C22H19N3O3S. The van der Waals surface area contributed by atoms with Gasteiger partial charge in [0.15, 0.2) is 6.61 Å². The number of carbonyl (C=O) groups excluding carboxylic acids is 2. The molecule has 4 rings (SSSR count). The maximum absolute atomic E-state index is 12.3. The molecule has 0 saturated heterocycles. The molecule has 4 aromatic rings. The molecule has 0 radical (unpaired) electrons. The summed E-state index contributed by atoms with van der Waals surface area (Å²) in [4.78, 5) is 30.4. The van der Waals surface area contributed by atoms with Crippen molar-refractivity contribution in [1.29, 1.82) is 0 Å². The van der Waals surface area contributed by atoms with Gasteiger partial charge < -0.3 is 9.64 Å². The van der Waals surface area contributed by atoms with Crippen molar-refractivity contribution in [2.75, 3.05) is 13.7 Å². The number of nitrogens with zero attached hydrogens (tertiary/aromatic N) is 3. The van der Waals surface area contributed by atoms with Crippen LogP contribution in [0.1, 0.15) is 15.9 Å². The molecular weight excluding hydrogens is 386 g/mol. The van der Waals surface area contributed by atoms with Crippen LogP contribution in [0.2, 0.25) is 0 Å². The summed E-state index contributed by atoms with van der Waals surface area (Å²) in [6.07, 6.45) is 1.75. The van der Waals surface area contributed by atoms with E-state index in [1.54, 1.807) is 41.7 Å². The SMILES string of the molecule is CN(Cc1ccsc1)C(=O)COC(=O)c1ccc(-n2cnc3ccccc32)cc1. The molecule has 0 atom stereocenters. The number of hydrogen-bond donors (Lipinski definition) is 0. The van der Waals surface area contributed by atoms with Gasteiger partial charge in [-0.2, -0.15) is 11.3 Å². The van der Waals surface area contributed by atoms with E-state index in [-0.39, 0.29) is 12.5 Å². The first kappa shape index (κ1) is 18.9. The zero-order valence-electron chi connectivity index (χ0n) is 15.8. The maximum atomic E-state index is 12.3. The summed E-state index contributed by atoms with van der Waals surface area (Å²) in [6, 6.07) is 16.8. The van der Waals surface area contributed by atoms with Gasteiger partial charge in [-0.15, -0.1) is 0 Å². The Balaban J connectivity index is 1.37. The Kier molecular flexibility index (Phi) is 5.39. The normalized spacial score (nSPS) is 10.8. The van der Waals surface area contributed by atoms with Gasteiger partial charge >= 0.3 is 5.97 Å². The molecule has 7 heteroatoms. The van der Waals surface area contributed by atoms with Crippen LogP contribution in [0, 0.1) is 0 Å². The fourth-order valence-corrected chi connectivity index (χ4v) is 3.65. The van der Waals surface area contributed by atoms with E-state index in [2.05, 4.69) is 4.98 Å². The Morgan fingerprint density at radius 2 is 1.90 bits per heavy atom. The van der Waals surface area contributed by atoms with Crippen LogP contribution in [-0.4, -0.2) is 40.0 Å². The molecule has 146 valence electrons. The van der Waals surface area contributed by atoms with Crippen molar-refractivity contribution >= 4 is 34.2 Å². The summed E-state index contributed by atoms with van der Waals surface area (Å²) in [5, 5.41) is 3.95. The zero-order chi connectivity index (χ0) is 20.2. The zero-order valence-corrected chi connectivity index (χ0v) is 16.6. The minimum Gasteiger partial charge on any atom is -0.452 e. The van der Waals surface area contributed by atoms with Gasteiger partial charge in [-0.25, -0.2) is 9.78 Å². The predicted octanol–water partition coefficient (Wildman–Crippen LogP) is 3.90. The Morgan fingerprint density at radius 3 is 2.66 bits per heavy atom. The number of rotatable bonds is 6. The lowest BCUT2D eigenvalue weighted by Crippen LogP contribution is -2.30. The largest absolute Gasteiger partial charge is 0.452 e. The van der Waals surface area contributed by atoms with Crippen molar-refractivity contribution in [2.45, 2.75) is 6.54 Å². The van der Waals surface area contributed by atoms with Crippen molar-refractivity contribution in [3.8, 4) is 5.69 Å². The summed E-state index contributed by atoms with van der Waals surface area (Å²) in [5.41, 5.74) is 4.23. The highest BCUT2D eigenvalue weighted by molar-refractivity contribution is 7.07. The quantitative estimate of drug-likeness (QED) is 0.457. The topological polar surface area (TPSA) is 64.4 Å². The summed E-state index contributed by atoms with van der Waals surface area (Å²) in [5.74, 6) is -0.768. The summed E-state index contributed by atoms with van der Waals surface area (Å²) >= 11 is 1.58. The first-order valence-electron chi connectivity index (χ1n) is 9.06. The second-order valence-corrected chi connectivity index (χ2v) is 7.39. The molecule has 0 aliphatic heterocycles. The first-order chi connectivity index (χ1) is 14.1. The molecule has 2 aromatic carbocycles. The van der Waals surface area contributed by atoms with E-state index in [4.69, 9.17) is 4.74 Å². The number of imidazole rings is 1. The number of para-hydroxylation sites is 2. The third-order valence-corrected chi connectivity index (χ3v) is 5.32. The lowest BCUT2D eigenvalue weighted by atomic mass is 10.2. The van der Waals surface area contributed by atoms with Gasteiger partial charge in [0.05, 0.1) is 16.6 Å². The molecule has 6 nitrogen and oxygen atoms in total. The van der Waals surface area contributed by atoms with E-state index < -0.39 is 5.97 Å². The smallest absolute Gasteiger partial charge is 0.338 e. The molecule has 0 bridgehead atoms. The van der Waals surface area contributed by atoms with Crippen molar-refractivity contribution < 1.29 is 14.3 Å². The van der Waals surface area contributed by atoms with Crippen molar-refractivity contribution in [2.24, 2.45) is 0 Å². The molecule has 0 unspecified atom stereocenters. The van der Waals surface area contributed by atoms with Crippen LogP contribution in [0.5, 0.6) is 0 Å². The Labute approximate surface area is 172 Å². The van der Waals surface area contributed by atoms with Crippen molar-refractivity contribution in [3.63, 3.8) is 0 Å². The number of ether oxygens (including phenoxy) is 1. The van der Waals surface area contributed by atoms with E-state index in [9.17, 15) is 9.59 Å². The van der Waals surface area contributed by atoms with Gasteiger partial charge in [-0.05, 0) is 58.8 Å². The number of benzene rings is 2. The molecule has 0 aliphatic carbocycles. The van der Waals surface area contributed by atoms with E-state index in [1.807, 2.05) is 57.8 Å². The molecule has 0 fully saturated rings. The summed E-state index contributed by atoms with van der Waals surface area (Å²) in [7, 11) is 1.69. The van der Waals surface area contributed by atoms with Gasteiger partial charge in [0.25, 0.3) is 5.91 Å². The highest BCUT2D eigenvalue weighted by Gasteiger charge is 2.14. The van der Waals surface area contributed by atoms with Crippen LogP contribution in [0.25, 0.3) is 16.7 Å². The molecule has 29 heavy (non-hydrogen) atoms. The van der Waals surface area contributed by atoms with Gasteiger partial charge in [-0.3, -0.25) is 9.36 Å².